The van der Waals surface area contributed by atoms with E-state index in [0.717, 1.165) is 12.8 Å². The van der Waals surface area contributed by atoms with Crippen molar-refractivity contribution in [1.82, 2.24) is 4.90 Å². The van der Waals surface area contributed by atoms with Crippen LogP contribution in [0.1, 0.15) is 60.8 Å². The van der Waals surface area contributed by atoms with Crippen molar-refractivity contribution in [2.75, 3.05) is 6.61 Å². The first-order valence-electron chi connectivity index (χ1n) is 7.41. The minimum absolute atomic E-state index is 0.0407. The Hall–Kier alpha value is -0.810. The van der Waals surface area contributed by atoms with Crippen LogP contribution >= 0.6 is 0 Å². The van der Waals surface area contributed by atoms with E-state index in [2.05, 4.69) is 0 Å². The van der Waals surface area contributed by atoms with Crippen LogP contribution in [0, 0.1) is 0 Å². The van der Waals surface area contributed by atoms with Crippen molar-refractivity contribution in [3.63, 3.8) is 0 Å². The number of nitrogens with zero attached hydrogens (tertiary/aromatic N) is 1. The first kappa shape index (κ1) is 17.2. The molecular weight excluding hydrogens is 258 g/mol. The maximum atomic E-state index is 12.4. The van der Waals surface area contributed by atoms with E-state index in [1.807, 2.05) is 41.5 Å². The Morgan fingerprint density at radius 3 is 2.60 bits per heavy atom. The summed E-state index contributed by atoms with van der Waals surface area (Å²) in [5.41, 5.74) is -1.19. The van der Waals surface area contributed by atoms with Crippen LogP contribution in [0.15, 0.2) is 0 Å². The van der Waals surface area contributed by atoms with E-state index in [1.54, 1.807) is 4.90 Å². The molecule has 1 saturated heterocycles. The van der Waals surface area contributed by atoms with Gasteiger partial charge in [0, 0.05) is 0 Å². The van der Waals surface area contributed by atoms with Crippen LogP contribution < -0.4 is 0 Å². The van der Waals surface area contributed by atoms with Crippen LogP contribution in [0.3, 0.4) is 0 Å². The van der Waals surface area contributed by atoms with E-state index >= 15 is 0 Å². The van der Waals surface area contributed by atoms with E-state index in [0.29, 0.717) is 13.0 Å². The molecule has 1 rings (SSSR count). The van der Waals surface area contributed by atoms with Gasteiger partial charge in [0.15, 0.2) is 0 Å². The molecule has 118 valence electrons. The minimum Gasteiger partial charge on any atom is -0.444 e. The van der Waals surface area contributed by atoms with Gasteiger partial charge in [-0.25, -0.2) is 4.79 Å². The molecule has 0 saturated carbocycles. The highest BCUT2D eigenvalue weighted by molar-refractivity contribution is 5.69. The van der Waals surface area contributed by atoms with Gasteiger partial charge in [-0.05, 0) is 53.9 Å². The lowest BCUT2D eigenvalue weighted by Gasteiger charge is -2.35. The molecule has 0 unspecified atom stereocenters. The fourth-order valence-electron chi connectivity index (χ4n) is 2.37. The van der Waals surface area contributed by atoms with Gasteiger partial charge in [0.1, 0.15) is 11.3 Å². The van der Waals surface area contributed by atoms with Crippen LogP contribution in [0.5, 0.6) is 0 Å². The summed E-state index contributed by atoms with van der Waals surface area (Å²) in [5, 5.41) is 9.68. The highest BCUT2D eigenvalue weighted by Gasteiger charge is 2.45. The van der Waals surface area contributed by atoms with Gasteiger partial charge in [-0.3, -0.25) is 4.90 Å². The summed E-state index contributed by atoms with van der Waals surface area (Å²) in [6, 6.07) is -0.0407. The predicted octanol–water partition coefficient (Wildman–Crippen LogP) is 2.91. The third kappa shape index (κ3) is 4.63. The van der Waals surface area contributed by atoms with Crippen molar-refractivity contribution in [2.45, 2.75) is 84.3 Å². The summed E-state index contributed by atoms with van der Waals surface area (Å²) in [6.07, 6.45) is 1.44. The normalized spacial score (nSPS) is 23.8. The Morgan fingerprint density at radius 2 is 2.10 bits per heavy atom. The zero-order valence-corrected chi connectivity index (χ0v) is 13.6. The summed E-state index contributed by atoms with van der Waals surface area (Å²) in [7, 11) is 0. The van der Waals surface area contributed by atoms with E-state index in [1.165, 1.54) is 0 Å². The molecule has 0 radical (unpaired) electrons. The number of carbonyl (C=O) groups excluding carboxylic acids is 1. The predicted molar refractivity (Wildman–Crippen MR) is 77.4 cm³/mol. The molecule has 1 aliphatic rings. The quantitative estimate of drug-likeness (QED) is 0.863. The number of aliphatic hydroxyl groups excluding tert-OH is 1. The summed E-state index contributed by atoms with van der Waals surface area (Å²) in [6.45, 7) is 11.7. The van der Waals surface area contributed by atoms with E-state index in [9.17, 15) is 9.90 Å². The highest BCUT2D eigenvalue weighted by Crippen LogP contribution is 2.31. The van der Waals surface area contributed by atoms with Crippen molar-refractivity contribution in [1.29, 1.82) is 0 Å². The van der Waals surface area contributed by atoms with Gasteiger partial charge >= 0.3 is 6.09 Å². The van der Waals surface area contributed by atoms with E-state index in [4.69, 9.17) is 9.47 Å². The molecule has 20 heavy (non-hydrogen) atoms. The van der Waals surface area contributed by atoms with E-state index in [-0.39, 0.29) is 18.2 Å². The minimum atomic E-state index is -0.663. The molecule has 1 heterocycles. The second-order valence-electron chi connectivity index (χ2n) is 6.90. The van der Waals surface area contributed by atoms with Gasteiger partial charge in [0.25, 0.3) is 0 Å². The Kier molecular flexibility index (Phi) is 5.44. The Bertz CT molecular complexity index is 335. The highest BCUT2D eigenvalue weighted by atomic mass is 16.6. The lowest BCUT2D eigenvalue weighted by molar-refractivity contribution is -0.0630. The largest absolute Gasteiger partial charge is 0.444 e. The zero-order chi connectivity index (χ0) is 15.6. The van der Waals surface area contributed by atoms with Gasteiger partial charge in [-0.1, -0.05) is 6.92 Å². The second kappa shape index (κ2) is 6.31. The Morgan fingerprint density at radius 1 is 1.50 bits per heavy atom. The Labute approximate surface area is 122 Å². The molecule has 1 fully saturated rings. The van der Waals surface area contributed by atoms with Crippen LogP contribution in [-0.2, 0) is 9.47 Å². The average Bonchev–Trinajstić information content (AvgIpc) is 2.59. The third-order valence-corrected chi connectivity index (χ3v) is 3.47. The van der Waals surface area contributed by atoms with E-state index < -0.39 is 11.3 Å². The van der Waals surface area contributed by atoms with Crippen molar-refractivity contribution in [2.24, 2.45) is 0 Å². The van der Waals surface area contributed by atoms with Crippen LogP contribution in [0.2, 0.25) is 0 Å². The van der Waals surface area contributed by atoms with Gasteiger partial charge in [-0.2, -0.15) is 0 Å². The maximum absolute atomic E-state index is 12.4. The molecule has 0 spiro atoms. The molecular formula is C15H29NO4. The van der Waals surface area contributed by atoms with Crippen molar-refractivity contribution >= 4 is 6.09 Å². The molecule has 5 heteroatoms. The molecule has 0 aromatic heterocycles. The monoisotopic (exact) mass is 287 g/mol. The SMILES string of the molecule is CC[C@H](O)CC[C@H]1COC(C)(C)N1C(=O)OC(C)(C)C. The fraction of sp³-hybridized carbons (Fsp3) is 0.933. The molecule has 0 bridgehead atoms. The maximum Gasteiger partial charge on any atom is 0.412 e. The summed E-state index contributed by atoms with van der Waals surface area (Å²) in [4.78, 5) is 14.0. The molecule has 0 aliphatic carbocycles. The van der Waals surface area contributed by atoms with Crippen molar-refractivity contribution in [3.05, 3.63) is 0 Å². The fourth-order valence-corrected chi connectivity index (χ4v) is 2.37. The standard InChI is InChI=1S/C15H29NO4/c1-7-12(17)9-8-11-10-19-15(5,6)16(11)13(18)20-14(2,3)4/h11-12,17H,7-10H2,1-6H3/t11-,12-/m0/s1. The molecule has 1 aliphatic heterocycles. The number of rotatable bonds is 4. The molecule has 2 atom stereocenters. The summed E-state index contributed by atoms with van der Waals surface area (Å²) in [5.74, 6) is 0. The second-order valence-corrected chi connectivity index (χ2v) is 6.90. The topological polar surface area (TPSA) is 59.0 Å². The molecule has 5 nitrogen and oxygen atoms in total. The third-order valence-electron chi connectivity index (χ3n) is 3.47. The average molecular weight is 287 g/mol. The number of ether oxygens (including phenoxy) is 2. The molecule has 1 amide bonds. The van der Waals surface area contributed by atoms with Crippen molar-refractivity contribution in [3.8, 4) is 0 Å². The number of carbonyl (C=O) groups is 1. The van der Waals surface area contributed by atoms with Crippen LogP contribution in [-0.4, -0.2) is 46.2 Å². The van der Waals surface area contributed by atoms with Crippen LogP contribution in [0.25, 0.3) is 0 Å². The summed E-state index contributed by atoms with van der Waals surface area (Å²) < 4.78 is 11.2. The lowest BCUT2D eigenvalue weighted by Crippen LogP contribution is -2.50. The Balaban J connectivity index is 2.72. The first-order valence-corrected chi connectivity index (χ1v) is 7.41. The van der Waals surface area contributed by atoms with Gasteiger partial charge < -0.3 is 14.6 Å². The van der Waals surface area contributed by atoms with Crippen molar-refractivity contribution < 1.29 is 19.4 Å². The molecule has 0 aromatic carbocycles. The number of aliphatic hydroxyl groups is 1. The zero-order valence-electron chi connectivity index (χ0n) is 13.6. The lowest BCUT2D eigenvalue weighted by atomic mass is 10.1. The number of amides is 1. The first-order chi connectivity index (χ1) is 9.07. The van der Waals surface area contributed by atoms with Gasteiger partial charge in [0.05, 0.1) is 18.8 Å². The van der Waals surface area contributed by atoms with Crippen LogP contribution in [0.4, 0.5) is 4.79 Å². The number of hydrogen-bond donors (Lipinski definition) is 1. The summed E-state index contributed by atoms with van der Waals surface area (Å²) >= 11 is 0. The molecule has 0 aromatic rings. The molecule has 1 N–H and O–H groups in total. The number of hydrogen-bond acceptors (Lipinski definition) is 4. The smallest absolute Gasteiger partial charge is 0.412 e. The van der Waals surface area contributed by atoms with Gasteiger partial charge in [-0.15, -0.1) is 0 Å². The van der Waals surface area contributed by atoms with Gasteiger partial charge in [0.2, 0.25) is 0 Å².